The molecule has 0 aliphatic carbocycles. The number of rotatable bonds is 10. The van der Waals surface area contributed by atoms with Crippen molar-refractivity contribution in [2.45, 2.75) is 24.6 Å². The summed E-state index contributed by atoms with van der Waals surface area (Å²) < 4.78 is 7.90. The highest BCUT2D eigenvalue weighted by Gasteiger charge is 2.35. The molecule has 232 valence electrons. The highest BCUT2D eigenvalue weighted by Crippen LogP contribution is 2.39. The van der Waals surface area contributed by atoms with Crippen molar-refractivity contribution in [3.63, 3.8) is 0 Å². The van der Waals surface area contributed by atoms with Gasteiger partial charge in [-0.25, -0.2) is 0 Å². The van der Waals surface area contributed by atoms with E-state index in [0.29, 0.717) is 52.6 Å². The Balaban J connectivity index is 1.22. The quantitative estimate of drug-likeness (QED) is 0.194. The lowest BCUT2D eigenvalue weighted by Crippen LogP contribution is -2.47. The minimum Gasteiger partial charge on any atom is -0.497 e. The lowest BCUT2D eigenvalue weighted by Gasteiger charge is -2.44. The number of hydrogen-bond donors (Lipinski definition) is 2. The van der Waals surface area contributed by atoms with Crippen LogP contribution in [-0.4, -0.2) is 48.9 Å². The zero-order valence-corrected chi connectivity index (χ0v) is 27.4. The number of aromatic nitrogens is 1. The molecule has 2 bridgehead atoms. The second-order valence-electron chi connectivity index (χ2n) is 11.4. The van der Waals surface area contributed by atoms with Gasteiger partial charge in [0, 0.05) is 65.4 Å². The fraction of sp³-hybridized carbons (Fsp3) is 0.286. The molecule has 1 fully saturated rings. The first-order chi connectivity index (χ1) is 21.9. The molecule has 3 heterocycles. The summed E-state index contributed by atoms with van der Waals surface area (Å²) in [6, 6.07) is 26.5. The summed E-state index contributed by atoms with van der Waals surface area (Å²) in [5.41, 5.74) is 4.65. The third-order valence-electron chi connectivity index (χ3n) is 8.39. The zero-order valence-electron chi connectivity index (χ0n) is 25.0. The van der Waals surface area contributed by atoms with E-state index >= 15 is 0 Å². The molecule has 2 atom stereocenters. The molecule has 2 aliphatic heterocycles. The first-order valence-electron chi connectivity index (χ1n) is 15.0. The van der Waals surface area contributed by atoms with Gasteiger partial charge in [0.2, 0.25) is 0 Å². The Morgan fingerprint density at radius 1 is 0.956 bits per heavy atom. The average molecular weight is 688 g/mol. The van der Waals surface area contributed by atoms with Gasteiger partial charge in [-0.3, -0.25) is 14.4 Å². The van der Waals surface area contributed by atoms with Crippen LogP contribution >= 0.6 is 27.7 Å². The lowest BCUT2D eigenvalue weighted by molar-refractivity contribution is 0.0954. The van der Waals surface area contributed by atoms with Crippen molar-refractivity contribution in [2.75, 3.05) is 42.7 Å². The van der Waals surface area contributed by atoms with Gasteiger partial charge in [0.1, 0.15) is 5.75 Å². The van der Waals surface area contributed by atoms with E-state index in [2.05, 4.69) is 43.6 Å². The van der Waals surface area contributed by atoms with Gasteiger partial charge < -0.3 is 24.8 Å². The highest BCUT2D eigenvalue weighted by atomic mass is 79.9. The Labute approximate surface area is 275 Å². The van der Waals surface area contributed by atoms with Crippen molar-refractivity contribution >= 4 is 50.9 Å². The number of fused-ring (bicyclic) bond motifs is 4. The molecule has 3 aromatic carbocycles. The van der Waals surface area contributed by atoms with Gasteiger partial charge in [-0.1, -0.05) is 36.4 Å². The number of halogens is 1. The minimum absolute atomic E-state index is 0.0429. The number of benzene rings is 3. The Hall–Kier alpha value is -4.02. The number of carbonyl (C=O) groups excluding carboxylic acids is 2. The molecular weight excluding hydrogens is 652 g/mol. The predicted molar refractivity (Wildman–Crippen MR) is 184 cm³/mol. The summed E-state index contributed by atoms with van der Waals surface area (Å²) >= 11 is 5.26. The monoisotopic (exact) mass is 686 g/mol. The van der Waals surface area contributed by atoms with Crippen LogP contribution in [0.4, 0.5) is 11.4 Å². The largest absolute Gasteiger partial charge is 0.497 e. The van der Waals surface area contributed by atoms with Crippen molar-refractivity contribution < 1.29 is 14.3 Å². The second kappa shape index (κ2) is 14.0. The molecule has 45 heavy (non-hydrogen) atoms. The van der Waals surface area contributed by atoms with Gasteiger partial charge in [-0.15, -0.1) is 0 Å². The maximum atomic E-state index is 13.6. The lowest BCUT2D eigenvalue weighted by atomic mass is 9.83. The maximum absolute atomic E-state index is 13.6. The number of pyridine rings is 1. The molecule has 0 spiro atoms. The Bertz CT molecular complexity index is 1760. The molecule has 4 aromatic rings. The number of methoxy groups -OCH3 is 1. The highest BCUT2D eigenvalue weighted by molar-refractivity contribution is 9.10. The van der Waals surface area contributed by atoms with Crippen molar-refractivity contribution in [1.29, 1.82) is 0 Å². The number of amides is 2. The minimum atomic E-state index is -0.314. The molecule has 1 saturated heterocycles. The Morgan fingerprint density at radius 2 is 1.80 bits per heavy atom. The molecule has 2 N–H and O–H groups in total. The maximum Gasteiger partial charge on any atom is 0.257 e. The van der Waals surface area contributed by atoms with Gasteiger partial charge in [-0.2, -0.15) is 11.8 Å². The van der Waals surface area contributed by atoms with Crippen LogP contribution < -0.4 is 25.8 Å². The van der Waals surface area contributed by atoms with Gasteiger partial charge >= 0.3 is 0 Å². The number of ether oxygens (including phenoxy) is 1. The molecular formula is C35H35BrN4O4S. The first-order valence-corrected chi connectivity index (χ1v) is 17.0. The number of nitrogens with one attached hydrogen (secondary N) is 2. The van der Waals surface area contributed by atoms with Crippen LogP contribution in [0.15, 0.2) is 94.2 Å². The van der Waals surface area contributed by atoms with Crippen molar-refractivity contribution in [3.8, 4) is 5.75 Å². The third kappa shape index (κ3) is 7.12. The molecule has 10 heteroatoms. The van der Waals surface area contributed by atoms with Crippen LogP contribution in [0.1, 0.15) is 44.3 Å². The van der Waals surface area contributed by atoms with Gasteiger partial charge in [0.15, 0.2) is 0 Å². The van der Waals surface area contributed by atoms with Gasteiger partial charge in [0.05, 0.1) is 24.0 Å². The summed E-state index contributed by atoms with van der Waals surface area (Å²) in [7, 11) is 1.56. The van der Waals surface area contributed by atoms with Crippen LogP contribution in [0.5, 0.6) is 5.75 Å². The van der Waals surface area contributed by atoms with E-state index in [1.54, 1.807) is 49.2 Å². The first kappa shape index (κ1) is 31.0. The van der Waals surface area contributed by atoms with Gasteiger partial charge in [0.25, 0.3) is 17.4 Å². The number of anilines is 2. The summed E-state index contributed by atoms with van der Waals surface area (Å²) in [6.45, 7) is 2.65. The molecule has 0 saturated carbocycles. The molecule has 0 unspecified atom stereocenters. The van der Waals surface area contributed by atoms with Crippen LogP contribution in [0.2, 0.25) is 0 Å². The third-order valence-corrected chi connectivity index (χ3v) is 10.1. The topological polar surface area (TPSA) is 92.7 Å². The Morgan fingerprint density at radius 3 is 2.62 bits per heavy atom. The second-order valence-corrected chi connectivity index (χ2v) is 13.4. The number of thioether (sulfide) groups is 1. The fourth-order valence-electron chi connectivity index (χ4n) is 6.24. The van der Waals surface area contributed by atoms with Crippen molar-refractivity contribution in [2.24, 2.45) is 5.92 Å². The van der Waals surface area contributed by atoms with E-state index in [-0.39, 0.29) is 23.3 Å². The summed E-state index contributed by atoms with van der Waals surface area (Å²) in [6.07, 6.45) is 1.02. The van der Waals surface area contributed by atoms with E-state index in [0.717, 1.165) is 35.9 Å². The molecule has 6 rings (SSSR count). The molecule has 2 amide bonds. The Kier molecular flexibility index (Phi) is 9.61. The van der Waals surface area contributed by atoms with E-state index in [1.807, 2.05) is 47.0 Å². The standard InChI is InChI=1S/C35H35BrN4O4S/c1-44-27-11-12-29(36)28(18-27)35(43)38-30-17-25(34(42)37-14-15-45-22-23-6-3-2-4-7-23)10-13-32(30)39-19-24-16-26(21-39)31-8-5-9-33(41)40(31)20-24/h2-13,17-18,24,26H,14-16,19-22H2,1H3,(H,37,42)(H,38,43)/t24-,26+/m1/s1. The number of nitrogens with zero attached hydrogens (tertiary/aromatic N) is 2. The van der Waals surface area contributed by atoms with Crippen LogP contribution in [0.25, 0.3) is 0 Å². The summed E-state index contributed by atoms with van der Waals surface area (Å²) in [4.78, 5) is 41.7. The molecule has 0 radical (unpaired) electrons. The molecule has 8 nitrogen and oxygen atoms in total. The van der Waals surface area contributed by atoms with Gasteiger partial charge in [-0.05, 0) is 76.3 Å². The van der Waals surface area contributed by atoms with Crippen molar-refractivity contribution in [3.05, 3.63) is 122 Å². The normalized spacial score (nSPS) is 16.9. The number of piperidine rings is 1. The van der Waals surface area contributed by atoms with Crippen LogP contribution in [0, 0.1) is 5.92 Å². The summed E-state index contributed by atoms with van der Waals surface area (Å²) in [5.74, 6) is 2.23. The average Bonchev–Trinajstić information content (AvgIpc) is 3.05. The number of carbonyl (C=O) groups is 2. The summed E-state index contributed by atoms with van der Waals surface area (Å²) in [5, 5.41) is 6.12. The molecule has 2 aliphatic rings. The number of hydrogen-bond acceptors (Lipinski definition) is 6. The smallest absolute Gasteiger partial charge is 0.257 e. The molecule has 1 aromatic heterocycles. The van der Waals surface area contributed by atoms with E-state index in [4.69, 9.17) is 4.74 Å². The van der Waals surface area contributed by atoms with Crippen LogP contribution in [0.3, 0.4) is 0 Å². The van der Waals surface area contributed by atoms with E-state index < -0.39 is 0 Å². The van der Waals surface area contributed by atoms with Crippen LogP contribution in [-0.2, 0) is 12.3 Å². The predicted octanol–water partition coefficient (Wildman–Crippen LogP) is 6.16. The SMILES string of the molecule is COc1ccc(Br)c(C(=O)Nc2cc(C(=O)NCCSCc3ccccc3)ccc2N2C[C@H]3C[C@@H](C2)c2cccc(=O)n2C3)c1. The van der Waals surface area contributed by atoms with E-state index in [1.165, 1.54) is 5.56 Å². The van der Waals surface area contributed by atoms with Crippen molar-refractivity contribution in [1.82, 2.24) is 9.88 Å². The fourth-order valence-corrected chi connectivity index (χ4v) is 7.49. The van der Waals surface area contributed by atoms with E-state index in [9.17, 15) is 14.4 Å². The zero-order chi connectivity index (χ0) is 31.3.